The van der Waals surface area contributed by atoms with E-state index in [4.69, 9.17) is 0 Å². The Morgan fingerprint density at radius 1 is 1.43 bits per heavy atom. The van der Waals surface area contributed by atoms with E-state index in [-0.39, 0.29) is 5.78 Å². The van der Waals surface area contributed by atoms with Crippen LogP contribution in [-0.4, -0.2) is 18.9 Å². The van der Waals surface area contributed by atoms with Crippen LogP contribution in [0.15, 0.2) is 24.3 Å². The fourth-order valence-corrected chi connectivity index (χ4v) is 1.83. The van der Waals surface area contributed by atoms with Crippen LogP contribution in [0.1, 0.15) is 24.2 Å². The molecule has 74 valence electrons. The molecule has 0 aromatic heterocycles. The summed E-state index contributed by atoms with van der Waals surface area (Å²) in [6, 6.07) is 7.87. The van der Waals surface area contributed by atoms with Crippen molar-refractivity contribution < 1.29 is 4.79 Å². The van der Waals surface area contributed by atoms with Crippen LogP contribution >= 0.6 is 0 Å². The first-order valence-electron chi connectivity index (χ1n) is 5.03. The Morgan fingerprint density at radius 3 is 2.71 bits per heavy atom. The van der Waals surface area contributed by atoms with Gasteiger partial charge in [-0.15, -0.1) is 0 Å². The highest BCUT2D eigenvalue weighted by Crippen LogP contribution is 2.24. The largest absolute Gasteiger partial charge is 0.371 e. The highest BCUT2D eigenvalue weighted by molar-refractivity contribution is 5.95. The highest BCUT2D eigenvalue weighted by atomic mass is 16.1. The van der Waals surface area contributed by atoms with Crippen LogP contribution in [0.25, 0.3) is 0 Å². The number of Topliss-reactive ketones (excluding diaryl/α,β-unsaturated/α-hetero) is 1. The predicted octanol–water partition coefficient (Wildman–Crippen LogP) is 2.35. The minimum atomic E-state index is 0.139. The van der Waals surface area contributed by atoms with Gasteiger partial charge >= 0.3 is 0 Å². The molecule has 0 spiro atoms. The summed E-state index contributed by atoms with van der Waals surface area (Å²) in [5.74, 6) is 0.927. The van der Waals surface area contributed by atoms with E-state index in [9.17, 15) is 4.79 Å². The average molecular weight is 189 g/mol. The van der Waals surface area contributed by atoms with Crippen molar-refractivity contribution in [2.75, 3.05) is 18.0 Å². The summed E-state index contributed by atoms with van der Waals surface area (Å²) >= 11 is 0. The minimum Gasteiger partial charge on any atom is -0.371 e. The number of carbonyl (C=O) groups excluding carboxylic acids is 1. The molecule has 1 saturated heterocycles. The molecule has 2 nitrogen and oxygen atoms in total. The third-order valence-corrected chi connectivity index (χ3v) is 2.68. The Bertz CT molecular complexity index is 353. The van der Waals surface area contributed by atoms with Gasteiger partial charge in [-0.1, -0.05) is 19.1 Å². The van der Waals surface area contributed by atoms with Crippen molar-refractivity contribution in [3.8, 4) is 0 Å². The van der Waals surface area contributed by atoms with E-state index in [0.29, 0.717) is 0 Å². The van der Waals surface area contributed by atoms with E-state index >= 15 is 0 Å². The lowest BCUT2D eigenvalue weighted by molar-refractivity contribution is 0.101. The van der Waals surface area contributed by atoms with E-state index in [1.54, 1.807) is 6.92 Å². The van der Waals surface area contributed by atoms with Gasteiger partial charge in [-0.2, -0.15) is 0 Å². The van der Waals surface area contributed by atoms with Crippen molar-refractivity contribution in [2.45, 2.75) is 13.8 Å². The quantitative estimate of drug-likeness (QED) is 0.665. The van der Waals surface area contributed by atoms with Crippen LogP contribution in [0.2, 0.25) is 0 Å². The molecule has 0 aliphatic carbocycles. The van der Waals surface area contributed by atoms with E-state index in [1.807, 2.05) is 18.2 Å². The molecule has 1 heterocycles. The Kier molecular flexibility index (Phi) is 2.28. The van der Waals surface area contributed by atoms with Crippen molar-refractivity contribution in [1.82, 2.24) is 0 Å². The van der Waals surface area contributed by atoms with Crippen LogP contribution in [-0.2, 0) is 0 Å². The van der Waals surface area contributed by atoms with Gasteiger partial charge in [0, 0.05) is 24.3 Å². The molecule has 0 radical (unpaired) electrons. The first-order valence-corrected chi connectivity index (χ1v) is 5.03. The standard InChI is InChI=1S/C12H15NO/c1-9-7-13(8-9)12-5-3-4-11(6-12)10(2)14/h3-6,9H,7-8H2,1-2H3. The summed E-state index contributed by atoms with van der Waals surface area (Å²) in [4.78, 5) is 13.5. The molecule has 0 N–H and O–H groups in total. The first kappa shape index (κ1) is 9.25. The molecule has 1 aromatic rings. The van der Waals surface area contributed by atoms with E-state index < -0.39 is 0 Å². The highest BCUT2D eigenvalue weighted by Gasteiger charge is 2.22. The third kappa shape index (κ3) is 1.65. The maximum Gasteiger partial charge on any atom is 0.159 e. The van der Waals surface area contributed by atoms with Gasteiger partial charge in [0.1, 0.15) is 0 Å². The molecule has 1 aliphatic rings. The fraction of sp³-hybridized carbons (Fsp3) is 0.417. The number of rotatable bonds is 2. The number of ketones is 1. The Labute approximate surface area is 84.5 Å². The Morgan fingerprint density at radius 2 is 2.14 bits per heavy atom. The second-order valence-electron chi connectivity index (χ2n) is 4.12. The summed E-state index contributed by atoms with van der Waals surface area (Å²) in [5, 5.41) is 0. The number of carbonyl (C=O) groups is 1. The van der Waals surface area contributed by atoms with E-state index in [1.165, 1.54) is 5.69 Å². The van der Waals surface area contributed by atoms with E-state index in [0.717, 1.165) is 24.6 Å². The lowest BCUT2D eigenvalue weighted by Gasteiger charge is -2.39. The predicted molar refractivity (Wildman–Crippen MR) is 57.8 cm³/mol. The Balaban J connectivity index is 2.18. The van der Waals surface area contributed by atoms with Gasteiger partial charge in [0.25, 0.3) is 0 Å². The first-order chi connectivity index (χ1) is 6.66. The molecule has 1 aliphatic heterocycles. The van der Waals surface area contributed by atoms with Gasteiger partial charge in [-0.25, -0.2) is 0 Å². The third-order valence-electron chi connectivity index (χ3n) is 2.68. The zero-order chi connectivity index (χ0) is 10.1. The fourth-order valence-electron chi connectivity index (χ4n) is 1.83. The molecular weight excluding hydrogens is 174 g/mol. The summed E-state index contributed by atoms with van der Waals surface area (Å²) in [7, 11) is 0. The molecule has 1 fully saturated rings. The van der Waals surface area contributed by atoms with Gasteiger partial charge in [0.15, 0.2) is 5.78 Å². The number of hydrogen-bond acceptors (Lipinski definition) is 2. The molecule has 1 aromatic carbocycles. The lowest BCUT2D eigenvalue weighted by Crippen LogP contribution is -2.45. The lowest BCUT2D eigenvalue weighted by atomic mass is 10.0. The number of anilines is 1. The molecule has 0 unspecified atom stereocenters. The summed E-state index contributed by atoms with van der Waals surface area (Å²) < 4.78 is 0. The van der Waals surface area contributed by atoms with Crippen LogP contribution in [0.4, 0.5) is 5.69 Å². The second-order valence-corrected chi connectivity index (χ2v) is 4.12. The van der Waals surface area contributed by atoms with Crippen molar-refractivity contribution >= 4 is 11.5 Å². The topological polar surface area (TPSA) is 20.3 Å². The van der Waals surface area contributed by atoms with Gasteiger partial charge in [-0.05, 0) is 25.0 Å². The zero-order valence-corrected chi connectivity index (χ0v) is 8.66. The molecule has 0 saturated carbocycles. The van der Waals surface area contributed by atoms with Crippen molar-refractivity contribution in [3.05, 3.63) is 29.8 Å². The Hall–Kier alpha value is -1.31. The number of hydrogen-bond donors (Lipinski definition) is 0. The summed E-state index contributed by atoms with van der Waals surface area (Å²) in [6.45, 7) is 6.08. The molecule has 2 heteroatoms. The summed E-state index contributed by atoms with van der Waals surface area (Å²) in [5.41, 5.74) is 1.98. The molecule has 14 heavy (non-hydrogen) atoms. The molecule has 0 atom stereocenters. The average Bonchev–Trinajstić information content (AvgIpc) is 2.13. The normalized spacial score (nSPS) is 16.6. The summed E-state index contributed by atoms with van der Waals surface area (Å²) in [6.07, 6.45) is 0. The minimum absolute atomic E-state index is 0.139. The molecule has 0 amide bonds. The SMILES string of the molecule is CC(=O)c1cccc(N2CC(C)C2)c1. The molecule has 2 rings (SSSR count). The van der Waals surface area contributed by atoms with Crippen molar-refractivity contribution in [1.29, 1.82) is 0 Å². The zero-order valence-electron chi connectivity index (χ0n) is 8.66. The van der Waals surface area contributed by atoms with Crippen molar-refractivity contribution in [3.63, 3.8) is 0 Å². The van der Waals surface area contributed by atoms with Crippen LogP contribution in [0.3, 0.4) is 0 Å². The van der Waals surface area contributed by atoms with Crippen LogP contribution in [0, 0.1) is 5.92 Å². The van der Waals surface area contributed by atoms with Gasteiger partial charge in [-0.3, -0.25) is 4.79 Å². The van der Waals surface area contributed by atoms with Crippen LogP contribution in [0.5, 0.6) is 0 Å². The van der Waals surface area contributed by atoms with E-state index in [2.05, 4.69) is 17.9 Å². The van der Waals surface area contributed by atoms with Gasteiger partial charge in [0.05, 0.1) is 0 Å². The molecule has 0 bridgehead atoms. The maximum atomic E-state index is 11.2. The maximum absolute atomic E-state index is 11.2. The molecular formula is C12H15NO. The number of nitrogens with zero attached hydrogens (tertiary/aromatic N) is 1. The van der Waals surface area contributed by atoms with Gasteiger partial charge < -0.3 is 4.90 Å². The van der Waals surface area contributed by atoms with Crippen LogP contribution < -0.4 is 4.90 Å². The van der Waals surface area contributed by atoms with Crippen molar-refractivity contribution in [2.24, 2.45) is 5.92 Å². The monoisotopic (exact) mass is 189 g/mol. The number of benzene rings is 1. The smallest absolute Gasteiger partial charge is 0.159 e. The van der Waals surface area contributed by atoms with Gasteiger partial charge in [0.2, 0.25) is 0 Å². The second kappa shape index (κ2) is 3.45.